The summed E-state index contributed by atoms with van der Waals surface area (Å²) in [5.41, 5.74) is 12.3. The number of hydrogen-bond acceptors (Lipinski definition) is 4. The zero-order chi connectivity index (χ0) is 20.2. The first-order chi connectivity index (χ1) is 14.1. The van der Waals surface area contributed by atoms with Gasteiger partial charge in [-0.3, -0.25) is 14.7 Å². The Labute approximate surface area is 171 Å². The summed E-state index contributed by atoms with van der Waals surface area (Å²) in [5, 5.41) is 0. The fraction of sp³-hybridized carbons (Fsp3) is 0.250. The lowest BCUT2D eigenvalue weighted by Crippen LogP contribution is -2.35. The second-order valence-corrected chi connectivity index (χ2v) is 7.34. The van der Waals surface area contributed by atoms with Crippen molar-refractivity contribution in [2.24, 2.45) is 5.73 Å². The highest BCUT2D eigenvalue weighted by Gasteiger charge is 2.16. The number of nitrogens with two attached hydrogens (primary N) is 1. The third-order valence-electron chi connectivity index (χ3n) is 5.38. The molecule has 1 aromatic heterocycles. The van der Waals surface area contributed by atoms with Gasteiger partial charge in [0.1, 0.15) is 0 Å². The van der Waals surface area contributed by atoms with Gasteiger partial charge < -0.3 is 10.5 Å². The maximum Gasteiger partial charge on any atom is 0.250 e. The molecule has 3 aromatic rings. The van der Waals surface area contributed by atoms with Crippen LogP contribution in [0.1, 0.15) is 21.5 Å². The van der Waals surface area contributed by atoms with E-state index in [0.29, 0.717) is 11.3 Å². The topological polar surface area (TPSA) is 68.4 Å². The summed E-state index contributed by atoms with van der Waals surface area (Å²) in [6, 6.07) is 18.3. The molecule has 1 amide bonds. The summed E-state index contributed by atoms with van der Waals surface area (Å²) in [5.74, 6) is -0.465. The van der Waals surface area contributed by atoms with Crippen LogP contribution in [0.4, 0.5) is 0 Å². The fourth-order valence-electron chi connectivity index (χ4n) is 3.86. The normalized spacial score (nSPS) is 14.7. The van der Waals surface area contributed by atoms with E-state index >= 15 is 0 Å². The summed E-state index contributed by atoms with van der Waals surface area (Å²) in [7, 11) is 0. The van der Waals surface area contributed by atoms with Crippen molar-refractivity contribution >= 4 is 5.91 Å². The van der Waals surface area contributed by atoms with Gasteiger partial charge in [0.15, 0.2) is 0 Å². The molecule has 0 atom stereocenters. The van der Waals surface area contributed by atoms with Crippen molar-refractivity contribution in [3.63, 3.8) is 0 Å². The van der Waals surface area contributed by atoms with Gasteiger partial charge in [0.2, 0.25) is 0 Å². The maximum atomic E-state index is 11.8. The number of rotatable bonds is 5. The van der Waals surface area contributed by atoms with Crippen LogP contribution >= 0.6 is 0 Å². The molecular formula is C24H25N3O2. The Morgan fingerprint density at radius 3 is 2.62 bits per heavy atom. The van der Waals surface area contributed by atoms with E-state index in [9.17, 15) is 4.79 Å². The lowest BCUT2D eigenvalue weighted by atomic mass is 9.93. The van der Waals surface area contributed by atoms with Gasteiger partial charge in [0.05, 0.1) is 24.5 Å². The van der Waals surface area contributed by atoms with Crippen molar-refractivity contribution in [1.82, 2.24) is 9.88 Å². The summed E-state index contributed by atoms with van der Waals surface area (Å²) < 4.78 is 5.47. The molecule has 0 radical (unpaired) electrons. The molecular weight excluding hydrogens is 362 g/mol. The Kier molecular flexibility index (Phi) is 5.69. The summed E-state index contributed by atoms with van der Waals surface area (Å²) >= 11 is 0. The molecule has 2 N–H and O–H groups in total. The first-order valence-corrected chi connectivity index (χ1v) is 9.87. The van der Waals surface area contributed by atoms with Gasteiger partial charge in [0.25, 0.3) is 5.91 Å². The summed E-state index contributed by atoms with van der Waals surface area (Å²) in [4.78, 5) is 18.6. The Morgan fingerprint density at radius 1 is 1.07 bits per heavy atom. The molecule has 5 nitrogen and oxygen atoms in total. The number of ether oxygens (including phenoxy) is 1. The zero-order valence-corrected chi connectivity index (χ0v) is 16.6. The molecule has 2 aromatic carbocycles. The van der Waals surface area contributed by atoms with Crippen molar-refractivity contribution in [3.8, 4) is 22.4 Å². The smallest absolute Gasteiger partial charge is 0.250 e. The number of amides is 1. The number of aromatic nitrogens is 1. The van der Waals surface area contributed by atoms with Gasteiger partial charge in [-0.05, 0) is 41.3 Å². The molecule has 1 aliphatic heterocycles. The fourth-order valence-corrected chi connectivity index (χ4v) is 3.86. The quantitative estimate of drug-likeness (QED) is 0.725. The van der Waals surface area contributed by atoms with Crippen LogP contribution in [0.3, 0.4) is 0 Å². The molecule has 0 aliphatic carbocycles. The van der Waals surface area contributed by atoms with Crippen molar-refractivity contribution in [3.05, 3.63) is 77.5 Å². The molecule has 0 saturated carbocycles. The molecule has 0 unspecified atom stereocenters. The highest BCUT2D eigenvalue weighted by Crippen LogP contribution is 2.31. The lowest BCUT2D eigenvalue weighted by Gasteiger charge is -2.27. The van der Waals surface area contributed by atoms with Crippen LogP contribution < -0.4 is 5.73 Å². The largest absolute Gasteiger partial charge is 0.379 e. The van der Waals surface area contributed by atoms with E-state index in [4.69, 9.17) is 10.5 Å². The average molecular weight is 387 g/mol. The maximum absolute atomic E-state index is 11.8. The van der Waals surface area contributed by atoms with Gasteiger partial charge in [-0.15, -0.1) is 0 Å². The van der Waals surface area contributed by atoms with E-state index < -0.39 is 5.91 Å². The van der Waals surface area contributed by atoms with Crippen LogP contribution in [-0.4, -0.2) is 42.1 Å². The van der Waals surface area contributed by atoms with E-state index in [-0.39, 0.29) is 0 Å². The standard InChI is InChI=1S/C24H25N3O2/c1-17-15-18(8-9-20(17)23-22(24(25)28)7-4-10-26-23)21-6-3-2-5-19(21)16-27-11-13-29-14-12-27/h2-10,15H,11-14,16H2,1H3,(H2,25,28). The minimum Gasteiger partial charge on any atom is -0.379 e. The van der Waals surface area contributed by atoms with Gasteiger partial charge in [-0.1, -0.05) is 42.5 Å². The van der Waals surface area contributed by atoms with Crippen molar-refractivity contribution in [2.75, 3.05) is 26.3 Å². The number of aryl methyl sites for hydroxylation is 1. The van der Waals surface area contributed by atoms with Crippen LogP contribution in [0.5, 0.6) is 0 Å². The third-order valence-corrected chi connectivity index (χ3v) is 5.38. The molecule has 1 fully saturated rings. The van der Waals surface area contributed by atoms with Crippen LogP contribution in [0, 0.1) is 6.92 Å². The van der Waals surface area contributed by atoms with E-state index in [1.807, 2.05) is 13.0 Å². The minimum absolute atomic E-state index is 0.441. The predicted octanol–water partition coefficient (Wildman–Crippen LogP) is 3.66. The zero-order valence-electron chi connectivity index (χ0n) is 16.6. The van der Waals surface area contributed by atoms with Crippen LogP contribution in [-0.2, 0) is 11.3 Å². The van der Waals surface area contributed by atoms with Crippen molar-refractivity contribution < 1.29 is 9.53 Å². The van der Waals surface area contributed by atoms with Gasteiger partial charge in [-0.25, -0.2) is 0 Å². The SMILES string of the molecule is Cc1cc(-c2ccccc2CN2CCOCC2)ccc1-c1ncccc1C(N)=O. The minimum atomic E-state index is -0.465. The second kappa shape index (κ2) is 8.55. The highest BCUT2D eigenvalue weighted by atomic mass is 16.5. The number of carbonyl (C=O) groups excluding carboxylic acids is 1. The predicted molar refractivity (Wildman–Crippen MR) is 114 cm³/mol. The number of pyridine rings is 1. The van der Waals surface area contributed by atoms with Crippen molar-refractivity contribution in [2.45, 2.75) is 13.5 Å². The first-order valence-electron chi connectivity index (χ1n) is 9.87. The highest BCUT2D eigenvalue weighted by molar-refractivity contribution is 5.99. The number of nitrogens with zero attached hydrogens (tertiary/aromatic N) is 2. The van der Waals surface area contributed by atoms with E-state index in [2.05, 4.69) is 46.3 Å². The molecule has 0 spiro atoms. The Bertz CT molecular complexity index is 1030. The average Bonchev–Trinajstić information content (AvgIpc) is 2.75. The third kappa shape index (κ3) is 4.21. The van der Waals surface area contributed by atoms with Gasteiger partial charge >= 0.3 is 0 Å². The second-order valence-electron chi connectivity index (χ2n) is 7.34. The Morgan fingerprint density at radius 2 is 1.86 bits per heavy atom. The molecule has 2 heterocycles. The molecule has 5 heteroatoms. The van der Waals surface area contributed by atoms with Crippen LogP contribution in [0.2, 0.25) is 0 Å². The molecule has 29 heavy (non-hydrogen) atoms. The lowest BCUT2D eigenvalue weighted by molar-refractivity contribution is 0.0342. The summed E-state index contributed by atoms with van der Waals surface area (Å²) in [6.45, 7) is 6.46. The number of carbonyl (C=O) groups is 1. The van der Waals surface area contributed by atoms with Gasteiger partial charge in [0, 0.05) is 31.4 Å². The van der Waals surface area contributed by atoms with E-state index in [1.165, 1.54) is 11.1 Å². The van der Waals surface area contributed by atoms with Crippen LogP contribution in [0.25, 0.3) is 22.4 Å². The Hall–Kier alpha value is -3.02. The number of hydrogen-bond donors (Lipinski definition) is 1. The monoisotopic (exact) mass is 387 g/mol. The number of primary amides is 1. The number of benzene rings is 2. The van der Waals surface area contributed by atoms with Crippen LogP contribution in [0.15, 0.2) is 60.8 Å². The molecule has 0 bridgehead atoms. The molecule has 1 aliphatic rings. The molecule has 148 valence electrons. The molecule has 4 rings (SSSR count). The van der Waals surface area contributed by atoms with Crippen molar-refractivity contribution in [1.29, 1.82) is 0 Å². The number of morpholine rings is 1. The molecule has 1 saturated heterocycles. The van der Waals surface area contributed by atoms with E-state index in [0.717, 1.165) is 49.5 Å². The Balaban J connectivity index is 1.68. The summed E-state index contributed by atoms with van der Waals surface area (Å²) in [6.07, 6.45) is 1.69. The van der Waals surface area contributed by atoms with Gasteiger partial charge in [-0.2, -0.15) is 0 Å². The first kappa shape index (κ1) is 19.3. The van der Waals surface area contributed by atoms with E-state index in [1.54, 1.807) is 18.3 Å².